The second-order valence-electron chi connectivity index (χ2n) is 7.84. The molecule has 2 fully saturated rings. The van der Waals surface area contributed by atoms with Crippen LogP contribution in [0.3, 0.4) is 0 Å². The second kappa shape index (κ2) is 7.98. The molecule has 0 aliphatic carbocycles. The van der Waals surface area contributed by atoms with Gasteiger partial charge in [0.1, 0.15) is 5.82 Å². The normalized spacial score (nSPS) is 19.7. The van der Waals surface area contributed by atoms with Gasteiger partial charge in [0, 0.05) is 50.2 Å². The van der Waals surface area contributed by atoms with Crippen molar-refractivity contribution in [3.63, 3.8) is 0 Å². The third-order valence-corrected chi connectivity index (χ3v) is 5.96. The zero-order valence-electron chi connectivity index (χ0n) is 16.0. The number of amides is 1. The highest BCUT2D eigenvalue weighted by molar-refractivity contribution is 5.84. The van der Waals surface area contributed by atoms with Crippen molar-refractivity contribution in [1.82, 2.24) is 14.4 Å². The molecule has 0 atom stereocenters. The molecule has 5 nitrogen and oxygen atoms in total. The van der Waals surface area contributed by atoms with E-state index in [1.165, 1.54) is 11.6 Å². The van der Waals surface area contributed by atoms with Gasteiger partial charge in [-0.15, -0.1) is 0 Å². The fourth-order valence-corrected chi connectivity index (χ4v) is 4.35. The van der Waals surface area contributed by atoms with Crippen molar-refractivity contribution < 1.29 is 13.9 Å². The lowest BCUT2D eigenvalue weighted by molar-refractivity contribution is -0.136. The molecule has 0 saturated carbocycles. The van der Waals surface area contributed by atoms with Gasteiger partial charge >= 0.3 is 0 Å². The van der Waals surface area contributed by atoms with Crippen molar-refractivity contribution in [2.45, 2.75) is 25.8 Å². The van der Waals surface area contributed by atoms with E-state index in [0.717, 1.165) is 56.5 Å². The molecule has 146 valence electrons. The van der Waals surface area contributed by atoms with E-state index in [-0.39, 0.29) is 11.7 Å². The SMILES string of the molecule is Cn1cc(CN2CCC(CC(=O)N3CCOCC3)CC2)c2cc(F)ccc21. The highest BCUT2D eigenvalue weighted by atomic mass is 19.1. The number of carbonyl (C=O) groups excluding carboxylic acids is 1. The maximum absolute atomic E-state index is 13.7. The Morgan fingerprint density at radius 2 is 1.93 bits per heavy atom. The molecule has 3 heterocycles. The van der Waals surface area contributed by atoms with Crippen LogP contribution >= 0.6 is 0 Å². The summed E-state index contributed by atoms with van der Waals surface area (Å²) in [4.78, 5) is 16.8. The average Bonchev–Trinajstić information content (AvgIpc) is 2.99. The van der Waals surface area contributed by atoms with Crippen molar-refractivity contribution in [3.8, 4) is 0 Å². The predicted molar refractivity (Wildman–Crippen MR) is 103 cm³/mol. The molecule has 0 N–H and O–H groups in total. The number of carbonyl (C=O) groups is 1. The van der Waals surface area contributed by atoms with Gasteiger partial charge in [-0.25, -0.2) is 4.39 Å². The first-order chi connectivity index (χ1) is 13.1. The lowest BCUT2D eigenvalue weighted by Crippen LogP contribution is -2.42. The minimum atomic E-state index is -0.185. The highest BCUT2D eigenvalue weighted by Gasteiger charge is 2.25. The Morgan fingerprint density at radius 1 is 1.19 bits per heavy atom. The highest BCUT2D eigenvalue weighted by Crippen LogP contribution is 2.26. The van der Waals surface area contributed by atoms with E-state index in [1.54, 1.807) is 6.07 Å². The van der Waals surface area contributed by atoms with Gasteiger partial charge in [-0.05, 0) is 55.6 Å². The van der Waals surface area contributed by atoms with E-state index in [0.29, 0.717) is 25.6 Å². The molecule has 27 heavy (non-hydrogen) atoms. The number of hydrogen-bond donors (Lipinski definition) is 0. The lowest BCUT2D eigenvalue weighted by Gasteiger charge is -2.33. The Bertz CT molecular complexity index is 805. The van der Waals surface area contributed by atoms with Gasteiger partial charge in [0.25, 0.3) is 0 Å². The summed E-state index contributed by atoms with van der Waals surface area (Å²) in [5.41, 5.74) is 2.24. The first-order valence-corrected chi connectivity index (χ1v) is 9.91. The molecule has 2 saturated heterocycles. The van der Waals surface area contributed by atoms with Gasteiger partial charge < -0.3 is 14.2 Å². The van der Waals surface area contributed by atoms with Crippen LogP contribution in [0.25, 0.3) is 10.9 Å². The van der Waals surface area contributed by atoms with E-state index in [1.807, 2.05) is 18.0 Å². The van der Waals surface area contributed by atoms with E-state index >= 15 is 0 Å². The molecular weight excluding hydrogens is 345 g/mol. The van der Waals surface area contributed by atoms with Crippen molar-refractivity contribution in [1.29, 1.82) is 0 Å². The number of morpholine rings is 1. The largest absolute Gasteiger partial charge is 0.378 e. The second-order valence-corrected chi connectivity index (χ2v) is 7.84. The molecule has 0 radical (unpaired) electrons. The number of likely N-dealkylation sites (tertiary alicyclic amines) is 1. The molecule has 0 bridgehead atoms. The summed E-state index contributed by atoms with van der Waals surface area (Å²) in [5, 5.41) is 1.00. The number of ether oxygens (including phenoxy) is 1. The fraction of sp³-hybridized carbons (Fsp3) is 0.571. The van der Waals surface area contributed by atoms with E-state index in [4.69, 9.17) is 4.74 Å². The van der Waals surface area contributed by atoms with Gasteiger partial charge in [-0.1, -0.05) is 0 Å². The van der Waals surface area contributed by atoms with E-state index in [9.17, 15) is 9.18 Å². The van der Waals surface area contributed by atoms with Gasteiger partial charge in [-0.2, -0.15) is 0 Å². The fourth-order valence-electron chi connectivity index (χ4n) is 4.35. The Morgan fingerprint density at radius 3 is 2.67 bits per heavy atom. The molecule has 0 unspecified atom stereocenters. The van der Waals surface area contributed by atoms with E-state index in [2.05, 4.69) is 15.7 Å². The molecule has 1 amide bonds. The van der Waals surface area contributed by atoms with Crippen LogP contribution in [0.2, 0.25) is 0 Å². The predicted octanol–water partition coefficient (Wildman–Crippen LogP) is 2.78. The summed E-state index contributed by atoms with van der Waals surface area (Å²) >= 11 is 0. The molecular formula is C21H28FN3O2. The quantitative estimate of drug-likeness (QED) is 0.827. The van der Waals surface area contributed by atoms with Crippen molar-refractivity contribution in [2.75, 3.05) is 39.4 Å². The molecule has 1 aromatic heterocycles. The first-order valence-electron chi connectivity index (χ1n) is 9.91. The smallest absolute Gasteiger partial charge is 0.223 e. The maximum Gasteiger partial charge on any atom is 0.223 e. The van der Waals surface area contributed by atoms with Gasteiger partial charge in [0.2, 0.25) is 5.91 Å². The molecule has 0 spiro atoms. The maximum atomic E-state index is 13.7. The third kappa shape index (κ3) is 4.17. The summed E-state index contributed by atoms with van der Waals surface area (Å²) in [7, 11) is 2.01. The van der Waals surface area contributed by atoms with Gasteiger partial charge in [0.15, 0.2) is 0 Å². The van der Waals surface area contributed by atoms with Crippen LogP contribution in [0.15, 0.2) is 24.4 Å². The van der Waals surface area contributed by atoms with Crippen molar-refractivity contribution in [3.05, 3.63) is 35.8 Å². The number of fused-ring (bicyclic) bond motifs is 1. The standard InChI is InChI=1S/C21H28FN3O2/c1-23-14-17(19-13-18(22)2-3-20(19)23)15-24-6-4-16(5-7-24)12-21(26)25-8-10-27-11-9-25/h2-3,13-14,16H,4-12,15H2,1H3. The summed E-state index contributed by atoms with van der Waals surface area (Å²) in [6, 6.07) is 5.00. The molecule has 1 aromatic carbocycles. The number of aromatic nitrogens is 1. The Hall–Kier alpha value is -1.92. The average molecular weight is 373 g/mol. The number of nitrogens with zero attached hydrogens (tertiary/aromatic N) is 3. The molecule has 2 aliphatic rings. The summed E-state index contributed by atoms with van der Waals surface area (Å²) in [6.07, 6.45) is 4.87. The topological polar surface area (TPSA) is 37.7 Å². The Balaban J connectivity index is 1.32. The third-order valence-electron chi connectivity index (χ3n) is 5.96. The summed E-state index contributed by atoms with van der Waals surface area (Å²) < 4.78 is 21.1. The van der Waals surface area contributed by atoms with Crippen molar-refractivity contribution >= 4 is 16.8 Å². The number of rotatable bonds is 4. The van der Waals surface area contributed by atoms with Gasteiger partial charge in [0.05, 0.1) is 13.2 Å². The summed E-state index contributed by atoms with van der Waals surface area (Å²) in [5.74, 6) is 0.568. The zero-order chi connectivity index (χ0) is 18.8. The lowest BCUT2D eigenvalue weighted by atomic mass is 9.92. The van der Waals surface area contributed by atoms with Crippen LogP contribution in [0.4, 0.5) is 4.39 Å². The molecule has 6 heteroatoms. The van der Waals surface area contributed by atoms with Crippen molar-refractivity contribution in [2.24, 2.45) is 13.0 Å². The number of benzene rings is 1. The van der Waals surface area contributed by atoms with Gasteiger partial charge in [-0.3, -0.25) is 9.69 Å². The van der Waals surface area contributed by atoms with Crippen LogP contribution in [0.5, 0.6) is 0 Å². The van der Waals surface area contributed by atoms with E-state index < -0.39 is 0 Å². The van der Waals surface area contributed by atoms with Crippen LogP contribution in [-0.4, -0.2) is 59.7 Å². The Kier molecular flexibility index (Phi) is 5.45. The van der Waals surface area contributed by atoms with Crippen LogP contribution in [0.1, 0.15) is 24.8 Å². The minimum absolute atomic E-state index is 0.185. The molecule has 4 rings (SSSR count). The first kappa shape index (κ1) is 18.4. The number of halogens is 1. The Labute approximate surface area is 159 Å². The minimum Gasteiger partial charge on any atom is -0.378 e. The van der Waals surface area contributed by atoms with Crippen LogP contribution in [0, 0.1) is 11.7 Å². The molecule has 2 aromatic rings. The number of aryl methyl sites for hydroxylation is 1. The monoisotopic (exact) mass is 373 g/mol. The number of hydrogen-bond acceptors (Lipinski definition) is 3. The van der Waals surface area contributed by atoms with Crippen LogP contribution < -0.4 is 0 Å². The van der Waals surface area contributed by atoms with Crippen LogP contribution in [-0.2, 0) is 23.1 Å². The number of piperidine rings is 1. The summed E-state index contributed by atoms with van der Waals surface area (Å²) in [6.45, 7) is 5.61. The zero-order valence-corrected chi connectivity index (χ0v) is 16.0. The molecule has 2 aliphatic heterocycles.